The van der Waals surface area contributed by atoms with Crippen LogP contribution in [-0.2, 0) is 10.8 Å². The third kappa shape index (κ3) is 6.22. The van der Waals surface area contributed by atoms with Crippen molar-refractivity contribution in [3.8, 4) is 44.5 Å². The molecule has 0 amide bonds. The van der Waals surface area contributed by atoms with Crippen LogP contribution in [0.5, 0.6) is 0 Å². The van der Waals surface area contributed by atoms with Crippen LogP contribution < -0.4 is 9.80 Å². The van der Waals surface area contributed by atoms with E-state index in [0.29, 0.717) is 0 Å². The molecule has 3 aliphatic rings. The highest BCUT2D eigenvalue weighted by Gasteiger charge is 2.53. The van der Waals surface area contributed by atoms with Crippen molar-refractivity contribution in [2.75, 3.05) is 9.80 Å². The van der Waals surface area contributed by atoms with E-state index in [9.17, 15) is 0 Å². The van der Waals surface area contributed by atoms with E-state index in [1.54, 1.807) is 0 Å². The van der Waals surface area contributed by atoms with Crippen LogP contribution in [0.2, 0.25) is 0 Å². The minimum atomic E-state index is -0.642. The quantitative estimate of drug-likeness (QED) is 0.150. The summed E-state index contributed by atoms with van der Waals surface area (Å²) in [6, 6.07) is 113. The van der Waals surface area contributed by atoms with Gasteiger partial charge in [0.25, 0.3) is 0 Å². The molecule has 0 unspecified atom stereocenters. The maximum Gasteiger partial charge on any atom is 0.0755 e. The lowest BCUT2D eigenvalue weighted by Crippen LogP contribution is -2.36. The SMILES string of the molecule is c1ccc(-c2cccc(-c3ccccc3N(c3cccc4c3-c3ccccc3C4(c3ccccc3)c3ccccc3)c3cccc4c3-c3ccccc3C43c4ccccc4N(c4ccccc4)c4ccccc43)c2)cc1. The standard InChI is InChI=1S/C74H50N2/c1-5-26-51(27-6-1)52-28-23-29-53(50-52)57-36-15-20-45-66(57)76(69-48-24-43-64-71(69)58-37-13-16-39-60(58)73(64,54-30-7-2-8-31-54)55-32-9-3-10-33-55)70-49-25-44-65-72(70)59-38-14-17-40-61(59)74(65)62-41-18-21-46-67(62)75(56-34-11-4-12-35-56)68-47-22-19-42-63(68)74/h1-50H. The van der Waals surface area contributed by atoms with Gasteiger partial charge in [0.05, 0.1) is 39.3 Å². The zero-order valence-electron chi connectivity index (χ0n) is 41.8. The summed E-state index contributed by atoms with van der Waals surface area (Å²) in [5.41, 5.74) is 25.3. The van der Waals surface area contributed by atoms with Gasteiger partial charge >= 0.3 is 0 Å². The summed E-state index contributed by atoms with van der Waals surface area (Å²) < 4.78 is 0. The highest BCUT2D eigenvalue weighted by atomic mass is 15.2. The normalized spacial score (nSPS) is 13.7. The molecule has 12 aromatic carbocycles. The molecule has 0 atom stereocenters. The van der Waals surface area contributed by atoms with Crippen LogP contribution in [0.15, 0.2) is 303 Å². The average molecular weight is 967 g/mol. The Morgan fingerprint density at radius 2 is 0.632 bits per heavy atom. The molecule has 2 aliphatic carbocycles. The Morgan fingerprint density at radius 1 is 0.250 bits per heavy atom. The van der Waals surface area contributed by atoms with Gasteiger partial charge in [-0.25, -0.2) is 0 Å². The van der Waals surface area contributed by atoms with Gasteiger partial charge in [0.15, 0.2) is 0 Å². The molecular formula is C74H50N2. The number of anilines is 6. The average Bonchev–Trinajstić information content (AvgIpc) is 4.20. The Bertz CT molecular complexity index is 4090. The predicted octanol–water partition coefficient (Wildman–Crippen LogP) is 19.0. The molecule has 0 N–H and O–H groups in total. The molecule has 0 aromatic heterocycles. The number of benzene rings is 12. The van der Waals surface area contributed by atoms with Crippen LogP contribution in [0, 0.1) is 0 Å². The minimum absolute atomic E-state index is 0.588. The summed E-state index contributed by atoms with van der Waals surface area (Å²) in [4.78, 5) is 5.08. The molecule has 0 saturated carbocycles. The Hall–Kier alpha value is -9.76. The molecular weight excluding hydrogens is 917 g/mol. The number of hydrogen-bond acceptors (Lipinski definition) is 2. The van der Waals surface area contributed by atoms with Crippen molar-refractivity contribution in [3.05, 3.63) is 348 Å². The van der Waals surface area contributed by atoms with Crippen LogP contribution in [0.4, 0.5) is 34.1 Å². The van der Waals surface area contributed by atoms with Crippen molar-refractivity contribution in [1.29, 1.82) is 0 Å². The second kappa shape index (κ2) is 17.4. The van der Waals surface area contributed by atoms with E-state index in [1.807, 2.05) is 0 Å². The monoisotopic (exact) mass is 966 g/mol. The summed E-state index contributed by atoms with van der Waals surface area (Å²) in [5, 5.41) is 0. The summed E-state index contributed by atoms with van der Waals surface area (Å²) in [6.45, 7) is 0. The molecule has 1 spiro atoms. The van der Waals surface area contributed by atoms with Gasteiger partial charge in [-0.1, -0.05) is 255 Å². The molecule has 356 valence electrons. The first-order valence-corrected chi connectivity index (χ1v) is 26.4. The second-order valence-electron chi connectivity index (χ2n) is 20.2. The van der Waals surface area contributed by atoms with E-state index in [0.717, 1.165) is 33.9 Å². The van der Waals surface area contributed by atoms with Crippen molar-refractivity contribution in [3.63, 3.8) is 0 Å². The zero-order valence-corrected chi connectivity index (χ0v) is 41.8. The maximum atomic E-state index is 2.62. The Labute approximate surface area is 444 Å². The first-order valence-electron chi connectivity index (χ1n) is 26.4. The first kappa shape index (κ1) is 43.8. The van der Waals surface area contributed by atoms with Crippen molar-refractivity contribution >= 4 is 34.1 Å². The van der Waals surface area contributed by atoms with Gasteiger partial charge in [-0.2, -0.15) is 0 Å². The lowest BCUT2D eigenvalue weighted by atomic mass is 9.64. The second-order valence-corrected chi connectivity index (χ2v) is 20.2. The molecule has 2 nitrogen and oxygen atoms in total. The molecule has 0 bridgehead atoms. The summed E-state index contributed by atoms with van der Waals surface area (Å²) in [7, 11) is 0. The molecule has 0 fully saturated rings. The minimum Gasteiger partial charge on any atom is -0.310 e. The largest absolute Gasteiger partial charge is 0.310 e. The van der Waals surface area contributed by atoms with Gasteiger partial charge in [0, 0.05) is 22.4 Å². The van der Waals surface area contributed by atoms with E-state index in [1.165, 1.54) is 89.3 Å². The topological polar surface area (TPSA) is 6.48 Å². The number of hydrogen-bond donors (Lipinski definition) is 0. The van der Waals surface area contributed by atoms with Crippen molar-refractivity contribution in [2.45, 2.75) is 10.8 Å². The molecule has 12 aromatic rings. The van der Waals surface area contributed by atoms with Gasteiger partial charge in [-0.3, -0.25) is 0 Å². The van der Waals surface area contributed by atoms with Gasteiger partial charge in [-0.15, -0.1) is 0 Å². The summed E-state index contributed by atoms with van der Waals surface area (Å²) >= 11 is 0. The van der Waals surface area contributed by atoms with Gasteiger partial charge < -0.3 is 9.80 Å². The highest BCUT2D eigenvalue weighted by Crippen LogP contribution is 2.66. The molecule has 1 heterocycles. The van der Waals surface area contributed by atoms with E-state index >= 15 is 0 Å². The zero-order chi connectivity index (χ0) is 50.2. The van der Waals surface area contributed by atoms with Crippen molar-refractivity contribution in [2.24, 2.45) is 0 Å². The summed E-state index contributed by atoms with van der Waals surface area (Å²) in [5.74, 6) is 0. The lowest BCUT2D eigenvalue weighted by Gasteiger charge is -2.45. The van der Waals surface area contributed by atoms with Crippen LogP contribution in [-0.4, -0.2) is 0 Å². The molecule has 76 heavy (non-hydrogen) atoms. The fourth-order valence-corrected chi connectivity index (χ4v) is 13.6. The van der Waals surface area contributed by atoms with Crippen LogP contribution in [0.3, 0.4) is 0 Å². The van der Waals surface area contributed by atoms with Crippen LogP contribution >= 0.6 is 0 Å². The van der Waals surface area contributed by atoms with E-state index < -0.39 is 10.8 Å². The third-order valence-electron chi connectivity index (χ3n) is 16.5. The fraction of sp³-hybridized carbons (Fsp3) is 0.0270. The van der Waals surface area contributed by atoms with E-state index in [4.69, 9.17) is 0 Å². The maximum absolute atomic E-state index is 2.62. The van der Waals surface area contributed by atoms with E-state index in [2.05, 4.69) is 313 Å². The van der Waals surface area contributed by atoms with Gasteiger partial charge in [-0.05, 0) is 121 Å². The molecule has 0 saturated heterocycles. The Balaban J connectivity index is 1.06. The van der Waals surface area contributed by atoms with Crippen LogP contribution in [0.25, 0.3) is 44.5 Å². The summed E-state index contributed by atoms with van der Waals surface area (Å²) in [6.07, 6.45) is 0. The molecule has 2 heteroatoms. The predicted molar refractivity (Wildman–Crippen MR) is 315 cm³/mol. The lowest BCUT2D eigenvalue weighted by molar-refractivity contribution is 0.752. The number of nitrogens with zero attached hydrogens (tertiary/aromatic N) is 2. The highest BCUT2D eigenvalue weighted by molar-refractivity contribution is 6.06. The van der Waals surface area contributed by atoms with E-state index in [-0.39, 0.29) is 0 Å². The first-order chi connectivity index (χ1) is 37.8. The number of rotatable bonds is 8. The Morgan fingerprint density at radius 3 is 1.21 bits per heavy atom. The van der Waals surface area contributed by atoms with Crippen LogP contribution in [0.1, 0.15) is 44.5 Å². The number of fused-ring (bicyclic) bond motifs is 12. The van der Waals surface area contributed by atoms with Crippen molar-refractivity contribution < 1.29 is 0 Å². The smallest absolute Gasteiger partial charge is 0.0755 e. The Kier molecular flexibility index (Phi) is 10.0. The van der Waals surface area contributed by atoms with Gasteiger partial charge in [0.1, 0.15) is 0 Å². The molecule has 0 radical (unpaired) electrons. The molecule has 1 aliphatic heterocycles. The van der Waals surface area contributed by atoms with Crippen molar-refractivity contribution in [1.82, 2.24) is 0 Å². The third-order valence-corrected chi connectivity index (χ3v) is 16.5. The number of para-hydroxylation sites is 4. The fourth-order valence-electron chi connectivity index (χ4n) is 13.6. The van der Waals surface area contributed by atoms with Gasteiger partial charge in [0.2, 0.25) is 0 Å². The molecule has 15 rings (SSSR count).